The number of benzene rings is 1. The maximum atomic E-state index is 14.0. The zero-order valence-corrected chi connectivity index (χ0v) is 20.7. The Morgan fingerprint density at radius 2 is 1.79 bits per heavy atom. The Morgan fingerprint density at radius 1 is 1.15 bits per heavy atom. The lowest BCUT2D eigenvalue weighted by molar-refractivity contribution is -0.155. The van der Waals surface area contributed by atoms with Gasteiger partial charge in [-0.3, -0.25) is 14.4 Å². The summed E-state index contributed by atoms with van der Waals surface area (Å²) >= 11 is 7.26. The number of thiophene rings is 1. The van der Waals surface area contributed by atoms with Gasteiger partial charge in [0.1, 0.15) is 16.6 Å². The van der Waals surface area contributed by atoms with Gasteiger partial charge in [0.2, 0.25) is 5.82 Å². The number of hydrogen-bond donors (Lipinski definition) is 0. The molecule has 0 saturated heterocycles. The quantitative estimate of drug-likeness (QED) is 0.391. The van der Waals surface area contributed by atoms with Crippen LogP contribution in [0.5, 0.6) is 0 Å². The summed E-state index contributed by atoms with van der Waals surface area (Å²) in [4.78, 5) is 18.3. The lowest BCUT2D eigenvalue weighted by Gasteiger charge is -2.21. The van der Waals surface area contributed by atoms with Crippen LogP contribution in [-0.4, -0.2) is 32.0 Å². The number of alkyl halides is 3. The highest BCUT2D eigenvalue weighted by Crippen LogP contribution is 2.42. The molecule has 0 radical (unpaired) electrons. The van der Waals surface area contributed by atoms with E-state index < -0.39 is 29.6 Å². The first kappa shape index (κ1) is 24.4. The molecule has 1 atom stereocenters. The fraction of sp³-hybridized carbons (Fsp3) is 0.391. The number of aliphatic imine (C=N–C) groups is 1. The van der Waals surface area contributed by atoms with Gasteiger partial charge in [-0.2, -0.15) is 13.2 Å². The minimum atomic E-state index is -4.75. The Kier molecular flexibility index (Phi) is 6.10. The number of hydrogen-bond acceptors (Lipinski definition) is 6. The predicted molar refractivity (Wildman–Crippen MR) is 124 cm³/mol. The molecule has 0 fully saturated rings. The highest BCUT2D eigenvalue weighted by Gasteiger charge is 2.43. The van der Waals surface area contributed by atoms with Crippen molar-refractivity contribution in [2.75, 3.05) is 0 Å². The standard InChI is InChI=1S/C23H22ClF3N4O2S/c1-11-12(2)34-20-17(11)18(13-6-8-14(24)9-7-13)28-15(10-16(32)33-22(3,4)5)19-29-30-21(31(19)20)23(25,26)27/h6-9,15H,10H2,1-5H3/t15-/m0/s1. The number of ether oxygens (including phenoxy) is 1. The zero-order chi connectivity index (χ0) is 25.0. The average molecular weight is 511 g/mol. The van der Waals surface area contributed by atoms with E-state index in [1.54, 1.807) is 45.0 Å². The molecule has 0 aliphatic carbocycles. The number of aryl methyl sites for hydroxylation is 1. The van der Waals surface area contributed by atoms with Crippen LogP contribution in [0.15, 0.2) is 29.3 Å². The van der Waals surface area contributed by atoms with Crippen LogP contribution in [0.25, 0.3) is 5.00 Å². The molecule has 0 amide bonds. The van der Waals surface area contributed by atoms with Crippen LogP contribution in [-0.2, 0) is 15.7 Å². The molecule has 0 saturated carbocycles. The molecule has 0 bridgehead atoms. The second kappa shape index (κ2) is 8.49. The maximum absolute atomic E-state index is 14.0. The molecule has 34 heavy (non-hydrogen) atoms. The van der Waals surface area contributed by atoms with E-state index in [-0.39, 0.29) is 12.2 Å². The second-order valence-corrected chi connectivity index (χ2v) is 10.6. The second-order valence-electron chi connectivity index (χ2n) is 8.97. The molecule has 0 N–H and O–H groups in total. The lowest BCUT2D eigenvalue weighted by atomic mass is 9.99. The summed E-state index contributed by atoms with van der Waals surface area (Å²) in [7, 11) is 0. The van der Waals surface area contributed by atoms with Crippen molar-refractivity contribution in [1.29, 1.82) is 0 Å². The highest BCUT2D eigenvalue weighted by atomic mass is 35.5. The van der Waals surface area contributed by atoms with E-state index in [2.05, 4.69) is 10.2 Å². The first-order valence-electron chi connectivity index (χ1n) is 10.4. The largest absolute Gasteiger partial charge is 0.460 e. The minimum absolute atomic E-state index is 0.0651. The number of esters is 1. The van der Waals surface area contributed by atoms with Crippen molar-refractivity contribution in [3.63, 3.8) is 0 Å². The smallest absolute Gasteiger partial charge is 0.452 e. The summed E-state index contributed by atoms with van der Waals surface area (Å²) in [5.74, 6) is -1.82. The number of carbonyl (C=O) groups excluding carboxylic acids is 1. The van der Waals surface area contributed by atoms with Gasteiger partial charge in [0, 0.05) is 21.0 Å². The first-order chi connectivity index (χ1) is 15.8. The van der Waals surface area contributed by atoms with E-state index >= 15 is 0 Å². The van der Waals surface area contributed by atoms with Crippen molar-refractivity contribution in [2.45, 2.75) is 58.9 Å². The molecule has 0 spiro atoms. The number of aromatic nitrogens is 3. The molecule has 180 valence electrons. The van der Waals surface area contributed by atoms with E-state index in [9.17, 15) is 18.0 Å². The topological polar surface area (TPSA) is 69.4 Å². The van der Waals surface area contributed by atoms with Gasteiger partial charge >= 0.3 is 12.1 Å². The van der Waals surface area contributed by atoms with Crippen LogP contribution < -0.4 is 0 Å². The summed E-state index contributed by atoms with van der Waals surface area (Å²) in [6, 6.07) is 5.83. The molecule has 2 aromatic heterocycles. The normalized spacial score (nSPS) is 15.9. The molecule has 1 aromatic carbocycles. The Hall–Kier alpha value is -2.72. The van der Waals surface area contributed by atoms with E-state index in [0.29, 0.717) is 26.9 Å². The average Bonchev–Trinajstić information content (AvgIpc) is 3.23. The summed E-state index contributed by atoms with van der Waals surface area (Å²) in [5.41, 5.74) is 1.69. The van der Waals surface area contributed by atoms with Crippen molar-refractivity contribution in [2.24, 2.45) is 4.99 Å². The minimum Gasteiger partial charge on any atom is -0.460 e. The Bertz CT molecular complexity index is 1290. The van der Waals surface area contributed by atoms with Crippen molar-refractivity contribution in [1.82, 2.24) is 14.8 Å². The van der Waals surface area contributed by atoms with E-state index in [1.165, 1.54) is 11.3 Å². The van der Waals surface area contributed by atoms with Gasteiger partial charge in [-0.25, -0.2) is 0 Å². The molecule has 4 rings (SSSR count). The van der Waals surface area contributed by atoms with Crippen LogP contribution in [0.4, 0.5) is 13.2 Å². The van der Waals surface area contributed by atoms with Gasteiger partial charge in [-0.1, -0.05) is 23.7 Å². The van der Waals surface area contributed by atoms with Gasteiger partial charge in [-0.15, -0.1) is 21.5 Å². The van der Waals surface area contributed by atoms with Crippen molar-refractivity contribution in [3.05, 3.63) is 62.5 Å². The number of fused-ring (bicyclic) bond motifs is 3. The summed E-state index contributed by atoms with van der Waals surface area (Å²) in [5, 5.41) is 8.12. The highest BCUT2D eigenvalue weighted by molar-refractivity contribution is 7.15. The monoisotopic (exact) mass is 510 g/mol. The van der Waals surface area contributed by atoms with Crippen molar-refractivity contribution >= 4 is 34.6 Å². The first-order valence-corrected chi connectivity index (χ1v) is 11.6. The van der Waals surface area contributed by atoms with Crippen LogP contribution in [0, 0.1) is 13.8 Å². The van der Waals surface area contributed by atoms with Crippen LogP contribution >= 0.6 is 22.9 Å². The third kappa shape index (κ3) is 4.61. The van der Waals surface area contributed by atoms with Crippen LogP contribution in [0.2, 0.25) is 5.02 Å². The number of rotatable bonds is 3. The van der Waals surface area contributed by atoms with Crippen LogP contribution in [0.1, 0.15) is 66.5 Å². The molecule has 3 heterocycles. The summed E-state index contributed by atoms with van der Waals surface area (Å²) < 4.78 is 48.3. The fourth-order valence-corrected chi connectivity index (χ4v) is 5.02. The molecule has 3 aromatic rings. The van der Waals surface area contributed by atoms with Crippen molar-refractivity contribution in [3.8, 4) is 5.00 Å². The molecule has 11 heteroatoms. The van der Waals surface area contributed by atoms with Gasteiger partial charge in [0.25, 0.3) is 0 Å². The third-order valence-electron chi connectivity index (χ3n) is 5.23. The van der Waals surface area contributed by atoms with Crippen LogP contribution in [0.3, 0.4) is 0 Å². The molecule has 1 aliphatic rings. The maximum Gasteiger partial charge on any atom is 0.452 e. The third-order valence-corrected chi connectivity index (χ3v) is 6.67. The summed E-state index contributed by atoms with van der Waals surface area (Å²) in [6.07, 6.45) is -5.05. The lowest BCUT2D eigenvalue weighted by Crippen LogP contribution is -2.25. The van der Waals surface area contributed by atoms with Gasteiger partial charge in [0.15, 0.2) is 5.82 Å². The number of halogens is 4. The summed E-state index contributed by atoms with van der Waals surface area (Å²) in [6.45, 7) is 8.82. The fourth-order valence-electron chi connectivity index (χ4n) is 3.72. The Morgan fingerprint density at radius 3 is 2.38 bits per heavy atom. The van der Waals surface area contributed by atoms with Gasteiger partial charge < -0.3 is 4.74 Å². The number of carbonyl (C=O) groups is 1. The molecular formula is C23H22ClF3N4O2S. The SMILES string of the molecule is Cc1sc2c(c1C)C(c1ccc(Cl)cc1)=N[C@@H](CC(=O)OC(C)(C)C)c1nnc(C(F)(F)F)n1-2. The Labute approximate surface area is 203 Å². The molecule has 6 nitrogen and oxygen atoms in total. The van der Waals surface area contributed by atoms with Crippen molar-refractivity contribution < 1.29 is 22.7 Å². The number of nitrogens with zero attached hydrogens (tertiary/aromatic N) is 4. The van der Waals surface area contributed by atoms with E-state index in [1.807, 2.05) is 13.8 Å². The molecular weight excluding hydrogens is 489 g/mol. The Balaban J connectivity index is 1.98. The molecule has 0 unspecified atom stereocenters. The van der Waals surface area contributed by atoms with Gasteiger partial charge in [-0.05, 0) is 52.3 Å². The van der Waals surface area contributed by atoms with Gasteiger partial charge in [0.05, 0.1) is 12.1 Å². The van der Waals surface area contributed by atoms with E-state index in [0.717, 1.165) is 15.0 Å². The van der Waals surface area contributed by atoms with E-state index in [4.69, 9.17) is 21.3 Å². The zero-order valence-electron chi connectivity index (χ0n) is 19.1. The molecule has 1 aliphatic heterocycles. The predicted octanol–water partition coefficient (Wildman–Crippen LogP) is 6.24.